The van der Waals surface area contributed by atoms with Crippen molar-refractivity contribution in [2.45, 2.75) is 44.9 Å². The molecule has 1 unspecified atom stereocenters. The number of amides is 1. The summed E-state index contributed by atoms with van der Waals surface area (Å²) >= 11 is 6.18. The monoisotopic (exact) mass is 374 g/mol. The van der Waals surface area contributed by atoms with Crippen molar-refractivity contribution in [3.8, 4) is 0 Å². The average Bonchev–Trinajstić information content (AvgIpc) is 2.65. The molecule has 1 fully saturated rings. The van der Waals surface area contributed by atoms with E-state index in [9.17, 15) is 14.7 Å². The van der Waals surface area contributed by atoms with Gasteiger partial charge >= 0.3 is 0 Å². The smallest absolute Gasteiger partial charge is 0.254 e. The lowest BCUT2D eigenvalue weighted by Gasteiger charge is -2.27. The first kappa shape index (κ1) is 18.7. The maximum atomic E-state index is 12.6. The normalized spacial score (nSPS) is 16.2. The van der Waals surface area contributed by atoms with Gasteiger partial charge in [-0.25, -0.2) is 0 Å². The molecule has 1 amide bonds. The molecule has 1 aliphatic rings. The maximum absolute atomic E-state index is 12.6. The summed E-state index contributed by atoms with van der Waals surface area (Å²) in [5.41, 5.74) is 0.990. The van der Waals surface area contributed by atoms with Crippen LogP contribution < -0.4 is 10.9 Å². The summed E-state index contributed by atoms with van der Waals surface area (Å²) in [7, 11) is 0. The van der Waals surface area contributed by atoms with Crippen molar-refractivity contribution in [3.63, 3.8) is 0 Å². The molecule has 0 saturated heterocycles. The Morgan fingerprint density at radius 1 is 1.23 bits per heavy atom. The maximum Gasteiger partial charge on any atom is 0.254 e. The standard InChI is InChI=1S/C20H23ClN2O3/c21-17-10-9-14(13-23-11-5-4-8-18(23)24)12-16(17)20(26)22-19(25)15-6-2-1-3-7-15/h4-5,8-12,15,19,25H,1-3,6-7,13H2,(H,22,26). The number of hydrogen-bond donors (Lipinski definition) is 2. The topological polar surface area (TPSA) is 71.3 Å². The van der Waals surface area contributed by atoms with E-state index in [0.29, 0.717) is 17.1 Å². The van der Waals surface area contributed by atoms with Crippen molar-refractivity contribution in [2.24, 2.45) is 5.92 Å². The SMILES string of the molecule is O=C(NC(O)C1CCCCC1)c1cc(Cn2ccccc2=O)ccc1Cl. The third-order valence-corrected chi connectivity index (χ3v) is 5.23. The minimum absolute atomic E-state index is 0.0950. The van der Waals surface area contributed by atoms with E-state index in [4.69, 9.17) is 11.6 Å². The first-order valence-corrected chi connectivity index (χ1v) is 9.35. The van der Waals surface area contributed by atoms with Gasteiger partial charge in [-0.2, -0.15) is 0 Å². The molecule has 138 valence electrons. The van der Waals surface area contributed by atoms with Gasteiger partial charge in [-0.3, -0.25) is 9.59 Å². The van der Waals surface area contributed by atoms with Crippen LogP contribution in [-0.2, 0) is 6.54 Å². The number of aromatic nitrogens is 1. The number of benzene rings is 1. The number of carbonyl (C=O) groups excluding carboxylic acids is 1. The van der Waals surface area contributed by atoms with Gasteiger partial charge in [0.15, 0.2) is 0 Å². The largest absolute Gasteiger partial charge is 0.373 e. The van der Waals surface area contributed by atoms with Gasteiger partial charge in [-0.1, -0.05) is 43.0 Å². The lowest BCUT2D eigenvalue weighted by Crippen LogP contribution is -2.41. The fourth-order valence-corrected chi connectivity index (χ4v) is 3.62. The highest BCUT2D eigenvalue weighted by atomic mass is 35.5. The van der Waals surface area contributed by atoms with Gasteiger partial charge in [0.2, 0.25) is 0 Å². The zero-order valence-electron chi connectivity index (χ0n) is 14.5. The molecule has 1 heterocycles. The molecule has 1 aromatic heterocycles. The van der Waals surface area contributed by atoms with Crippen molar-refractivity contribution >= 4 is 17.5 Å². The summed E-state index contributed by atoms with van der Waals surface area (Å²) in [5.74, 6) is -0.298. The third-order valence-electron chi connectivity index (χ3n) is 4.90. The van der Waals surface area contributed by atoms with Gasteiger partial charge in [-0.05, 0) is 36.6 Å². The lowest BCUT2D eigenvalue weighted by molar-refractivity contribution is 0.0463. The Morgan fingerprint density at radius 2 is 2.00 bits per heavy atom. The molecule has 3 rings (SSSR count). The Hall–Kier alpha value is -2.11. The minimum Gasteiger partial charge on any atom is -0.373 e. The first-order chi connectivity index (χ1) is 12.5. The quantitative estimate of drug-likeness (QED) is 0.789. The second kappa shape index (κ2) is 8.52. The number of rotatable bonds is 5. The van der Waals surface area contributed by atoms with Crippen molar-refractivity contribution in [2.75, 3.05) is 0 Å². The molecule has 6 heteroatoms. The van der Waals surface area contributed by atoms with Crippen LogP contribution in [0.1, 0.15) is 48.0 Å². The van der Waals surface area contributed by atoms with E-state index in [1.54, 1.807) is 41.1 Å². The van der Waals surface area contributed by atoms with Crippen LogP contribution >= 0.6 is 11.6 Å². The summed E-state index contributed by atoms with van der Waals surface area (Å²) in [5, 5.41) is 13.3. The van der Waals surface area contributed by atoms with Crippen LogP contribution in [0.5, 0.6) is 0 Å². The van der Waals surface area contributed by atoms with Gasteiger partial charge in [0.25, 0.3) is 11.5 Å². The molecular weight excluding hydrogens is 352 g/mol. The summed E-state index contributed by atoms with van der Waals surface area (Å²) in [4.78, 5) is 24.4. The second-order valence-corrected chi connectivity index (χ2v) is 7.20. The molecule has 2 aromatic rings. The van der Waals surface area contributed by atoms with Crippen molar-refractivity contribution in [1.82, 2.24) is 9.88 Å². The first-order valence-electron chi connectivity index (χ1n) is 8.97. The van der Waals surface area contributed by atoms with Crippen molar-refractivity contribution in [3.05, 3.63) is 69.1 Å². The Kier molecular flexibility index (Phi) is 6.12. The molecule has 0 radical (unpaired) electrons. The Bertz CT molecular complexity index is 828. The van der Waals surface area contributed by atoms with Crippen LogP contribution in [0.4, 0.5) is 0 Å². The van der Waals surface area contributed by atoms with Crippen LogP contribution in [0.15, 0.2) is 47.4 Å². The van der Waals surface area contributed by atoms with Gasteiger partial charge in [0.1, 0.15) is 6.23 Å². The molecule has 1 aliphatic carbocycles. The van der Waals surface area contributed by atoms with E-state index in [2.05, 4.69) is 5.32 Å². The van der Waals surface area contributed by atoms with Crippen LogP contribution in [0.3, 0.4) is 0 Å². The summed E-state index contributed by atoms with van der Waals surface area (Å²) in [6, 6.07) is 10.1. The fraction of sp³-hybridized carbons (Fsp3) is 0.400. The van der Waals surface area contributed by atoms with Crippen molar-refractivity contribution < 1.29 is 9.90 Å². The number of carbonyl (C=O) groups is 1. The number of nitrogens with one attached hydrogen (secondary N) is 1. The predicted molar refractivity (Wildman–Crippen MR) is 101 cm³/mol. The van der Waals surface area contributed by atoms with Gasteiger partial charge in [0.05, 0.1) is 17.1 Å². The zero-order valence-corrected chi connectivity index (χ0v) is 15.3. The van der Waals surface area contributed by atoms with E-state index in [1.807, 2.05) is 0 Å². The molecule has 5 nitrogen and oxygen atoms in total. The minimum atomic E-state index is -0.862. The molecule has 1 saturated carbocycles. The van der Waals surface area contributed by atoms with E-state index < -0.39 is 12.1 Å². The highest BCUT2D eigenvalue weighted by Crippen LogP contribution is 2.26. The summed E-state index contributed by atoms with van der Waals surface area (Å²) in [6.45, 7) is 0.350. The van der Waals surface area contributed by atoms with Gasteiger partial charge in [-0.15, -0.1) is 0 Å². The number of halogens is 1. The van der Waals surface area contributed by atoms with E-state index in [1.165, 1.54) is 12.5 Å². The molecule has 1 atom stereocenters. The van der Waals surface area contributed by atoms with E-state index in [0.717, 1.165) is 31.2 Å². The molecule has 1 aromatic carbocycles. The molecule has 2 N–H and O–H groups in total. The molecule has 26 heavy (non-hydrogen) atoms. The third kappa shape index (κ3) is 4.54. The highest BCUT2D eigenvalue weighted by molar-refractivity contribution is 6.33. The van der Waals surface area contributed by atoms with Crippen LogP contribution in [-0.4, -0.2) is 21.8 Å². The zero-order chi connectivity index (χ0) is 18.5. The highest BCUT2D eigenvalue weighted by Gasteiger charge is 2.24. The van der Waals surface area contributed by atoms with E-state index in [-0.39, 0.29) is 11.5 Å². The van der Waals surface area contributed by atoms with E-state index >= 15 is 0 Å². The van der Waals surface area contributed by atoms with Gasteiger partial charge < -0.3 is 15.0 Å². The molecule has 0 bridgehead atoms. The lowest BCUT2D eigenvalue weighted by atomic mass is 9.88. The fourth-order valence-electron chi connectivity index (χ4n) is 3.41. The number of pyridine rings is 1. The Labute approximate surface area is 157 Å². The Balaban J connectivity index is 1.73. The summed E-state index contributed by atoms with van der Waals surface area (Å²) in [6.07, 6.45) is 6.03. The number of aliphatic hydroxyl groups excluding tert-OH is 1. The number of nitrogens with zero attached hydrogens (tertiary/aromatic N) is 1. The molecular formula is C20H23ClN2O3. The predicted octanol–water partition coefficient (Wildman–Crippen LogP) is 3.18. The van der Waals surface area contributed by atoms with Crippen molar-refractivity contribution in [1.29, 1.82) is 0 Å². The van der Waals surface area contributed by atoms with Crippen LogP contribution in [0, 0.1) is 5.92 Å². The van der Waals surface area contributed by atoms with Crippen LogP contribution in [0.25, 0.3) is 0 Å². The number of aliphatic hydroxyl groups is 1. The number of hydrogen-bond acceptors (Lipinski definition) is 3. The summed E-state index contributed by atoms with van der Waals surface area (Å²) < 4.78 is 1.56. The Morgan fingerprint density at radius 3 is 2.73 bits per heavy atom. The second-order valence-electron chi connectivity index (χ2n) is 6.80. The molecule has 0 aliphatic heterocycles. The van der Waals surface area contributed by atoms with Crippen LogP contribution in [0.2, 0.25) is 5.02 Å². The van der Waals surface area contributed by atoms with Gasteiger partial charge in [0, 0.05) is 18.2 Å². The molecule has 0 spiro atoms. The average molecular weight is 375 g/mol.